The Kier molecular flexibility index (Phi) is 9.03. The van der Waals surface area contributed by atoms with Gasteiger partial charge < -0.3 is 19.8 Å². The highest BCUT2D eigenvalue weighted by molar-refractivity contribution is 5.98. The van der Waals surface area contributed by atoms with E-state index < -0.39 is 17.5 Å². The van der Waals surface area contributed by atoms with Gasteiger partial charge >= 0.3 is 0 Å². The number of aliphatic hydroxyl groups is 2. The van der Waals surface area contributed by atoms with Gasteiger partial charge in [-0.25, -0.2) is 8.78 Å². The molecule has 0 amide bonds. The maximum atomic E-state index is 13.9. The highest BCUT2D eigenvalue weighted by Crippen LogP contribution is 2.27. The summed E-state index contributed by atoms with van der Waals surface area (Å²) in [6, 6.07) is 19.6. The molecule has 1 atom stereocenters. The quantitative estimate of drug-likeness (QED) is 0.370. The SMILES string of the molecule is O=C(CCc1ccc(F)cc1)c1cc(F)ccc1OCC(O)CN1CCC(O)(Cc2ccccc2)CC1. The van der Waals surface area contributed by atoms with Crippen molar-refractivity contribution in [2.75, 3.05) is 26.2 Å². The van der Waals surface area contributed by atoms with E-state index in [0.717, 1.165) is 17.2 Å². The fourth-order valence-corrected chi connectivity index (χ4v) is 4.73. The Labute approximate surface area is 216 Å². The van der Waals surface area contributed by atoms with Crippen molar-refractivity contribution in [3.63, 3.8) is 0 Å². The lowest BCUT2D eigenvalue weighted by atomic mass is 9.85. The molecule has 1 heterocycles. The maximum absolute atomic E-state index is 13.9. The number of ether oxygens (including phenoxy) is 1. The van der Waals surface area contributed by atoms with Gasteiger partial charge in [-0.2, -0.15) is 0 Å². The van der Waals surface area contributed by atoms with Crippen LogP contribution in [0.4, 0.5) is 8.78 Å². The number of carbonyl (C=O) groups is 1. The van der Waals surface area contributed by atoms with Gasteiger partial charge in [-0.3, -0.25) is 4.79 Å². The van der Waals surface area contributed by atoms with Gasteiger partial charge in [-0.1, -0.05) is 42.5 Å². The largest absolute Gasteiger partial charge is 0.490 e. The minimum absolute atomic E-state index is 0.0470. The molecular weight excluding hydrogens is 476 g/mol. The van der Waals surface area contributed by atoms with Crippen LogP contribution in [0.2, 0.25) is 0 Å². The number of β-amino-alcohol motifs (C(OH)–C–C–N with tert-alkyl or cyclic N) is 1. The molecule has 1 fully saturated rings. The van der Waals surface area contributed by atoms with E-state index in [1.54, 1.807) is 12.1 Å². The Morgan fingerprint density at radius 3 is 2.32 bits per heavy atom. The van der Waals surface area contributed by atoms with E-state index in [2.05, 4.69) is 4.90 Å². The monoisotopic (exact) mass is 509 g/mol. The summed E-state index contributed by atoms with van der Waals surface area (Å²) in [5.74, 6) is -0.960. The van der Waals surface area contributed by atoms with Crippen LogP contribution in [0.1, 0.15) is 40.7 Å². The molecule has 5 nitrogen and oxygen atoms in total. The molecule has 4 rings (SSSR count). The third-order valence-corrected chi connectivity index (χ3v) is 6.86. The summed E-state index contributed by atoms with van der Waals surface area (Å²) < 4.78 is 32.7. The first kappa shape index (κ1) is 26.9. The van der Waals surface area contributed by atoms with E-state index in [1.807, 2.05) is 30.3 Å². The van der Waals surface area contributed by atoms with Gasteiger partial charge in [0, 0.05) is 32.5 Å². The molecule has 0 bridgehead atoms. The first-order valence-electron chi connectivity index (χ1n) is 12.7. The number of piperidine rings is 1. The fourth-order valence-electron chi connectivity index (χ4n) is 4.73. The number of Topliss-reactive ketones (excluding diaryl/α,β-unsaturated/α-hetero) is 1. The number of halogens is 2. The molecule has 0 spiro atoms. The molecular formula is C30H33F2NO4. The molecule has 196 valence electrons. The zero-order valence-corrected chi connectivity index (χ0v) is 20.8. The number of benzene rings is 3. The predicted octanol–water partition coefficient (Wildman–Crippen LogP) is 4.59. The lowest BCUT2D eigenvalue weighted by Crippen LogP contribution is -2.48. The van der Waals surface area contributed by atoms with Crippen LogP contribution in [-0.2, 0) is 12.8 Å². The van der Waals surface area contributed by atoms with E-state index in [1.165, 1.54) is 24.3 Å². The number of likely N-dealkylation sites (tertiary alicyclic amines) is 1. The van der Waals surface area contributed by atoms with Gasteiger partial charge in [0.15, 0.2) is 5.78 Å². The van der Waals surface area contributed by atoms with Crippen LogP contribution in [-0.4, -0.2) is 58.8 Å². The van der Waals surface area contributed by atoms with Crippen molar-refractivity contribution in [1.29, 1.82) is 0 Å². The fraction of sp³-hybridized carbons (Fsp3) is 0.367. The number of rotatable bonds is 11. The molecule has 0 radical (unpaired) electrons. The number of aryl methyl sites for hydroxylation is 1. The number of ketones is 1. The second kappa shape index (κ2) is 12.4. The van der Waals surface area contributed by atoms with Crippen LogP contribution < -0.4 is 4.74 Å². The Bertz CT molecular complexity index is 1160. The molecule has 1 unspecified atom stereocenters. The number of hydrogen-bond acceptors (Lipinski definition) is 5. The van der Waals surface area contributed by atoms with Gasteiger partial charge in [-0.15, -0.1) is 0 Å². The normalized spacial score (nSPS) is 16.3. The maximum Gasteiger partial charge on any atom is 0.167 e. The third kappa shape index (κ3) is 7.92. The van der Waals surface area contributed by atoms with Gasteiger partial charge in [0.2, 0.25) is 0 Å². The van der Waals surface area contributed by atoms with Gasteiger partial charge in [-0.05, 0) is 60.7 Å². The van der Waals surface area contributed by atoms with E-state index in [-0.39, 0.29) is 35.9 Å². The van der Waals surface area contributed by atoms with Crippen molar-refractivity contribution in [3.05, 3.63) is 101 Å². The summed E-state index contributed by atoms with van der Waals surface area (Å²) in [7, 11) is 0. The molecule has 1 aliphatic rings. The van der Waals surface area contributed by atoms with E-state index in [4.69, 9.17) is 4.74 Å². The minimum Gasteiger partial charge on any atom is -0.490 e. The molecule has 3 aromatic rings. The first-order chi connectivity index (χ1) is 17.8. The summed E-state index contributed by atoms with van der Waals surface area (Å²) in [5, 5.41) is 21.5. The van der Waals surface area contributed by atoms with Gasteiger partial charge in [0.1, 0.15) is 30.1 Å². The molecule has 0 saturated carbocycles. The zero-order chi connectivity index (χ0) is 26.3. The molecule has 37 heavy (non-hydrogen) atoms. The van der Waals surface area contributed by atoms with Crippen molar-refractivity contribution >= 4 is 5.78 Å². The van der Waals surface area contributed by atoms with Crippen LogP contribution in [0.15, 0.2) is 72.8 Å². The van der Waals surface area contributed by atoms with E-state index in [0.29, 0.717) is 45.3 Å². The average molecular weight is 510 g/mol. The summed E-state index contributed by atoms with van der Waals surface area (Å²) in [4.78, 5) is 14.9. The molecule has 2 N–H and O–H groups in total. The van der Waals surface area contributed by atoms with Gasteiger partial charge in [0.05, 0.1) is 11.2 Å². The molecule has 1 aliphatic heterocycles. The number of hydrogen-bond donors (Lipinski definition) is 2. The van der Waals surface area contributed by atoms with Crippen LogP contribution in [0.25, 0.3) is 0 Å². The Morgan fingerprint density at radius 1 is 0.946 bits per heavy atom. The average Bonchev–Trinajstić information content (AvgIpc) is 2.89. The predicted molar refractivity (Wildman–Crippen MR) is 138 cm³/mol. The topological polar surface area (TPSA) is 70.0 Å². The van der Waals surface area contributed by atoms with Crippen molar-refractivity contribution < 1.29 is 28.5 Å². The summed E-state index contributed by atoms with van der Waals surface area (Å²) in [5.41, 5.74) is 1.28. The number of nitrogens with zero attached hydrogens (tertiary/aromatic N) is 1. The highest BCUT2D eigenvalue weighted by atomic mass is 19.1. The Morgan fingerprint density at radius 2 is 1.62 bits per heavy atom. The van der Waals surface area contributed by atoms with E-state index >= 15 is 0 Å². The molecule has 0 aromatic heterocycles. The van der Waals surface area contributed by atoms with Crippen LogP contribution in [0.3, 0.4) is 0 Å². The smallest absolute Gasteiger partial charge is 0.167 e. The molecule has 0 aliphatic carbocycles. The van der Waals surface area contributed by atoms with Crippen molar-refractivity contribution in [2.24, 2.45) is 0 Å². The molecule has 1 saturated heterocycles. The second-order valence-electron chi connectivity index (χ2n) is 9.84. The van der Waals surface area contributed by atoms with Crippen molar-refractivity contribution in [3.8, 4) is 5.75 Å². The number of aliphatic hydroxyl groups excluding tert-OH is 1. The third-order valence-electron chi connectivity index (χ3n) is 6.86. The zero-order valence-electron chi connectivity index (χ0n) is 20.8. The van der Waals surface area contributed by atoms with Crippen molar-refractivity contribution in [2.45, 2.75) is 43.8 Å². The Balaban J connectivity index is 1.26. The second-order valence-corrected chi connectivity index (χ2v) is 9.84. The summed E-state index contributed by atoms with van der Waals surface area (Å²) >= 11 is 0. The first-order valence-corrected chi connectivity index (χ1v) is 12.7. The van der Waals surface area contributed by atoms with Crippen molar-refractivity contribution in [1.82, 2.24) is 4.90 Å². The van der Waals surface area contributed by atoms with E-state index in [9.17, 15) is 23.8 Å². The summed E-state index contributed by atoms with van der Waals surface area (Å²) in [6.07, 6.45) is 1.53. The van der Waals surface area contributed by atoms with Gasteiger partial charge in [0.25, 0.3) is 0 Å². The Hall–Kier alpha value is -3.13. The lowest BCUT2D eigenvalue weighted by Gasteiger charge is -2.39. The number of carbonyl (C=O) groups excluding carboxylic acids is 1. The lowest BCUT2D eigenvalue weighted by molar-refractivity contribution is -0.0325. The summed E-state index contributed by atoms with van der Waals surface area (Å²) in [6.45, 7) is 1.64. The minimum atomic E-state index is -0.812. The van der Waals surface area contributed by atoms with Crippen LogP contribution in [0, 0.1) is 11.6 Å². The highest BCUT2D eigenvalue weighted by Gasteiger charge is 2.33. The standard InChI is InChI=1S/C30H33F2NO4/c31-24-9-6-22(7-10-24)8-12-28(35)27-18-25(32)11-13-29(27)37-21-26(34)20-33-16-14-30(36,15-17-33)19-23-4-2-1-3-5-23/h1-7,9-11,13,18,26,34,36H,8,12,14-17,19-21H2. The molecule has 3 aromatic carbocycles. The van der Waals surface area contributed by atoms with Crippen LogP contribution >= 0.6 is 0 Å². The van der Waals surface area contributed by atoms with Crippen LogP contribution in [0.5, 0.6) is 5.75 Å². The molecule has 7 heteroatoms.